The van der Waals surface area contributed by atoms with Crippen LogP contribution in [0.1, 0.15) is 30.0 Å². The van der Waals surface area contributed by atoms with E-state index in [0.717, 1.165) is 4.57 Å². The van der Waals surface area contributed by atoms with Gasteiger partial charge in [-0.05, 0) is 44.2 Å². The largest absolute Gasteiger partial charge is 0.449 e. The molecule has 0 aliphatic carbocycles. The van der Waals surface area contributed by atoms with Crippen molar-refractivity contribution in [3.63, 3.8) is 0 Å². The van der Waals surface area contributed by atoms with Gasteiger partial charge in [-0.1, -0.05) is 23.7 Å². The number of aromatic nitrogens is 2. The number of amides is 2. The lowest BCUT2D eigenvalue weighted by Crippen LogP contribution is -2.30. The zero-order valence-corrected chi connectivity index (χ0v) is 16.8. The van der Waals surface area contributed by atoms with E-state index >= 15 is 0 Å². The molecule has 0 radical (unpaired) electrons. The molecule has 0 atom stereocenters. The summed E-state index contributed by atoms with van der Waals surface area (Å²) in [6.07, 6.45) is -4.73. The maximum atomic E-state index is 13.4. The third-order valence-electron chi connectivity index (χ3n) is 4.13. The minimum atomic E-state index is -4.73. The summed E-state index contributed by atoms with van der Waals surface area (Å²) in [5, 5.41) is 5.33. The molecule has 0 aliphatic rings. The molecule has 1 aromatic heterocycles. The lowest BCUT2D eigenvalue weighted by Gasteiger charge is -2.13. The summed E-state index contributed by atoms with van der Waals surface area (Å²) in [5.74, 6) is -2.28. The summed E-state index contributed by atoms with van der Waals surface area (Å²) < 4.78 is 41.0. The van der Waals surface area contributed by atoms with Gasteiger partial charge in [0.25, 0.3) is 5.91 Å². The van der Waals surface area contributed by atoms with Crippen LogP contribution >= 0.6 is 11.6 Å². The molecule has 0 saturated carbocycles. The molecule has 2 N–H and O–H groups in total. The Morgan fingerprint density at radius 2 is 1.87 bits per heavy atom. The fourth-order valence-electron chi connectivity index (χ4n) is 2.89. The van der Waals surface area contributed by atoms with Crippen LogP contribution < -0.4 is 10.6 Å². The number of hydrogen-bond donors (Lipinski definition) is 2. The van der Waals surface area contributed by atoms with E-state index in [4.69, 9.17) is 11.6 Å². The van der Waals surface area contributed by atoms with E-state index in [1.807, 2.05) is 0 Å². The lowest BCUT2D eigenvalue weighted by molar-refractivity contribution is -0.147. The second-order valence-corrected chi connectivity index (χ2v) is 7.29. The number of nitrogens with one attached hydrogen (secondary N) is 2. The molecule has 0 spiro atoms. The van der Waals surface area contributed by atoms with Crippen LogP contribution in [0.3, 0.4) is 0 Å². The van der Waals surface area contributed by atoms with Crippen molar-refractivity contribution in [2.24, 2.45) is 0 Å². The normalized spacial score (nSPS) is 11.7. The highest BCUT2D eigenvalue weighted by molar-refractivity contribution is 6.33. The topological polar surface area (TPSA) is 76.0 Å². The van der Waals surface area contributed by atoms with Gasteiger partial charge < -0.3 is 15.2 Å². The SMILES string of the molecule is CC(C)NC(=O)c1ccc(Cl)c(NC(=O)Cn2c(C(F)(F)F)nc3ccccc32)c1. The molecular formula is C20H18ClF3N4O2. The van der Waals surface area contributed by atoms with E-state index in [-0.39, 0.29) is 39.3 Å². The minimum absolute atomic E-state index is 0.0958. The second-order valence-electron chi connectivity index (χ2n) is 6.88. The maximum Gasteiger partial charge on any atom is 0.449 e. The van der Waals surface area contributed by atoms with E-state index < -0.39 is 24.5 Å². The van der Waals surface area contributed by atoms with Crippen LogP contribution in [-0.2, 0) is 17.5 Å². The number of alkyl halides is 3. The van der Waals surface area contributed by atoms with Gasteiger partial charge in [0, 0.05) is 11.6 Å². The van der Waals surface area contributed by atoms with E-state index in [0.29, 0.717) is 0 Å². The number of hydrogen-bond acceptors (Lipinski definition) is 3. The van der Waals surface area contributed by atoms with Crippen LogP contribution in [-0.4, -0.2) is 27.4 Å². The number of nitrogens with zero attached hydrogens (tertiary/aromatic N) is 2. The van der Waals surface area contributed by atoms with Crippen LogP contribution in [0.15, 0.2) is 42.5 Å². The highest BCUT2D eigenvalue weighted by Gasteiger charge is 2.38. The smallest absolute Gasteiger partial charge is 0.350 e. The molecule has 6 nitrogen and oxygen atoms in total. The van der Waals surface area contributed by atoms with Crippen molar-refractivity contribution in [1.29, 1.82) is 0 Å². The lowest BCUT2D eigenvalue weighted by atomic mass is 10.1. The summed E-state index contributed by atoms with van der Waals surface area (Å²) in [6.45, 7) is 2.96. The molecule has 10 heteroatoms. The molecule has 0 unspecified atom stereocenters. The number of halogens is 4. The summed E-state index contributed by atoms with van der Waals surface area (Å²) in [5.41, 5.74) is 0.683. The van der Waals surface area contributed by atoms with Crippen molar-refractivity contribution in [2.75, 3.05) is 5.32 Å². The van der Waals surface area contributed by atoms with Crippen LogP contribution in [0.2, 0.25) is 5.02 Å². The molecule has 3 aromatic rings. The third kappa shape index (κ3) is 4.73. The number of fused-ring (bicyclic) bond motifs is 1. The van der Waals surface area contributed by atoms with Gasteiger partial charge in [-0.2, -0.15) is 13.2 Å². The number of para-hydroxylation sites is 2. The van der Waals surface area contributed by atoms with Crippen molar-refractivity contribution in [3.8, 4) is 0 Å². The van der Waals surface area contributed by atoms with E-state index in [9.17, 15) is 22.8 Å². The quantitative estimate of drug-likeness (QED) is 0.616. The average Bonchev–Trinajstić information content (AvgIpc) is 3.02. The van der Waals surface area contributed by atoms with Crippen molar-refractivity contribution in [3.05, 3.63) is 58.9 Å². The zero-order chi connectivity index (χ0) is 22.1. The van der Waals surface area contributed by atoms with Gasteiger partial charge in [-0.25, -0.2) is 4.98 Å². The van der Waals surface area contributed by atoms with Gasteiger partial charge in [0.05, 0.1) is 21.7 Å². The molecule has 1 heterocycles. The molecule has 0 saturated heterocycles. The average molecular weight is 439 g/mol. The van der Waals surface area contributed by atoms with Crippen molar-refractivity contribution in [2.45, 2.75) is 32.6 Å². The predicted octanol–water partition coefficient (Wildman–Crippen LogP) is 4.49. The Labute approximate surface area is 175 Å². The van der Waals surface area contributed by atoms with Gasteiger partial charge in [0.2, 0.25) is 11.7 Å². The van der Waals surface area contributed by atoms with Gasteiger partial charge in [0.1, 0.15) is 6.54 Å². The van der Waals surface area contributed by atoms with Gasteiger partial charge in [-0.15, -0.1) is 0 Å². The molecule has 0 aliphatic heterocycles. The van der Waals surface area contributed by atoms with E-state index in [1.165, 1.54) is 30.3 Å². The van der Waals surface area contributed by atoms with Crippen LogP contribution in [0, 0.1) is 0 Å². The number of carbonyl (C=O) groups excluding carboxylic acids is 2. The highest BCUT2D eigenvalue weighted by Crippen LogP contribution is 2.31. The maximum absolute atomic E-state index is 13.4. The summed E-state index contributed by atoms with van der Waals surface area (Å²) >= 11 is 6.09. The molecular weight excluding hydrogens is 421 g/mol. The molecule has 0 bridgehead atoms. The standard InChI is InChI=1S/C20H18ClF3N4O2/c1-11(2)25-18(30)12-7-8-13(21)15(9-12)26-17(29)10-28-16-6-4-3-5-14(16)27-19(28)20(22,23)24/h3-9,11H,10H2,1-2H3,(H,25,30)(H,26,29). The minimum Gasteiger partial charge on any atom is -0.350 e. The number of rotatable bonds is 5. The molecule has 3 rings (SSSR count). The Hall–Kier alpha value is -3.07. The summed E-state index contributed by atoms with van der Waals surface area (Å²) in [6, 6.07) is 10.2. The summed E-state index contributed by atoms with van der Waals surface area (Å²) in [7, 11) is 0. The third-order valence-corrected chi connectivity index (χ3v) is 4.46. The van der Waals surface area contributed by atoms with E-state index in [1.54, 1.807) is 26.0 Å². The van der Waals surface area contributed by atoms with Crippen LogP contribution in [0.5, 0.6) is 0 Å². The number of benzene rings is 2. The zero-order valence-electron chi connectivity index (χ0n) is 16.0. The van der Waals surface area contributed by atoms with Gasteiger partial charge in [-0.3, -0.25) is 9.59 Å². The highest BCUT2D eigenvalue weighted by atomic mass is 35.5. The Balaban J connectivity index is 1.87. The first-order chi connectivity index (χ1) is 14.1. The van der Waals surface area contributed by atoms with Gasteiger partial charge >= 0.3 is 6.18 Å². The number of carbonyl (C=O) groups is 2. The Morgan fingerprint density at radius 3 is 2.53 bits per heavy atom. The molecule has 0 fully saturated rings. The van der Waals surface area contributed by atoms with Crippen molar-refractivity contribution >= 4 is 40.1 Å². The number of imidazole rings is 1. The molecule has 30 heavy (non-hydrogen) atoms. The Kier molecular flexibility index (Phi) is 6.02. The Morgan fingerprint density at radius 1 is 1.17 bits per heavy atom. The fourth-order valence-corrected chi connectivity index (χ4v) is 3.06. The number of anilines is 1. The van der Waals surface area contributed by atoms with Crippen molar-refractivity contribution in [1.82, 2.24) is 14.9 Å². The first-order valence-corrected chi connectivity index (χ1v) is 9.37. The molecule has 2 amide bonds. The first kappa shape index (κ1) is 21.6. The molecule has 2 aromatic carbocycles. The first-order valence-electron chi connectivity index (χ1n) is 8.99. The van der Waals surface area contributed by atoms with Crippen LogP contribution in [0.4, 0.5) is 18.9 Å². The molecule has 158 valence electrons. The monoisotopic (exact) mass is 438 g/mol. The van der Waals surface area contributed by atoms with E-state index in [2.05, 4.69) is 15.6 Å². The second kappa shape index (κ2) is 8.35. The predicted molar refractivity (Wildman–Crippen MR) is 107 cm³/mol. The Bertz CT molecular complexity index is 1110. The summed E-state index contributed by atoms with van der Waals surface area (Å²) in [4.78, 5) is 28.3. The van der Waals surface area contributed by atoms with Crippen molar-refractivity contribution < 1.29 is 22.8 Å². The van der Waals surface area contributed by atoms with Crippen LogP contribution in [0.25, 0.3) is 11.0 Å². The fraction of sp³-hybridized carbons (Fsp3) is 0.250. The van der Waals surface area contributed by atoms with Gasteiger partial charge in [0.15, 0.2) is 0 Å².